The van der Waals surface area contributed by atoms with Crippen molar-refractivity contribution in [1.82, 2.24) is 0 Å². The van der Waals surface area contributed by atoms with E-state index in [4.69, 9.17) is 0 Å². The standard InChI is InChI=1S/C21H18F6O2/c1-3-5-13-7-9-15(11-17(13)28)19(20(22,23)24,21(25,26)27)16-10-8-14(6-4-2)18(29)12-16/h3-4,7-12,28-29H,1-2,5-6H2. The molecule has 0 heterocycles. The second kappa shape index (κ2) is 7.85. The van der Waals surface area contributed by atoms with E-state index in [1.165, 1.54) is 12.2 Å². The van der Waals surface area contributed by atoms with Crippen LogP contribution in [0.5, 0.6) is 11.5 Å². The highest BCUT2D eigenvalue weighted by molar-refractivity contribution is 5.51. The predicted molar refractivity (Wildman–Crippen MR) is 96.9 cm³/mol. The average Bonchev–Trinajstić information content (AvgIpc) is 2.58. The Bertz CT molecular complexity index is 837. The molecule has 0 aromatic heterocycles. The fourth-order valence-electron chi connectivity index (χ4n) is 3.23. The van der Waals surface area contributed by atoms with Crippen LogP contribution in [0, 0.1) is 0 Å². The highest BCUT2D eigenvalue weighted by Crippen LogP contribution is 2.57. The summed E-state index contributed by atoms with van der Waals surface area (Å²) in [7, 11) is 0. The van der Waals surface area contributed by atoms with Crippen LogP contribution in [0.25, 0.3) is 0 Å². The van der Waals surface area contributed by atoms with Crippen LogP contribution in [-0.4, -0.2) is 22.6 Å². The molecule has 0 radical (unpaired) electrons. The Morgan fingerprint density at radius 3 is 1.28 bits per heavy atom. The average molecular weight is 416 g/mol. The van der Waals surface area contributed by atoms with Gasteiger partial charge in [0, 0.05) is 0 Å². The zero-order valence-corrected chi connectivity index (χ0v) is 15.1. The molecule has 29 heavy (non-hydrogen) atoms. The maximum Gasteiger partial charge on any atom is 0.411 e. The zero-order chi connectivity index (χ0) is 22.0. The third-order valence-corrected chi connectivity index (χ3v) is 4.62. The molecule has 0 bridgehead atoms. The largest absolute Gasteiger partial charge is 0.508 e. The van der Waals surface area contributed by atoms with Crippen LogP contribution in [-0.2, 0) is 18.3 Å². The monoisotopic (exact) mass is 416 g/mol. The highest BCUT2D eigenvalue weighted by atomic mass is 19.4. The summed E-state index contributed by atoms with van der Waals surface area (Å²) in [5.74, 6) is -1.43. The SMILES string of the molecule is C=CCc1ccc(C(c2ccc(CC=C)c(O)c2)(C(F)(F)F)C(F)(F)F)cc1O. The van der Waals surface area contributed by atoms with Crippen LogP contribution in [0.3, 0.4) is 0 Å². The van der Waals surface area contributed by atoms with Crippen molar-refractivity contribution in [3.8, 4) is 11.5 Å². The lowest BCUT2D eigenvalue weighted by molar-refractivity contribution is -0.288. The van der Waals surface area contributed by atoms with Crippen molar-refractivity contribution in [3.63, 3.8) is 0 Å². The van der Waals surface area contributed by atoms with Gasteiger partial charge in [-0.2, -0.15) is 26.3 Å². The summed E-state index contributed by atoms with van der Waals surface area (Å²) in [6.07, 6.45) is -8.80. The van der Waals surface area contributed by atoms with Gasteiger partial charge in [-0.25, -0.2) is 0 Å². The minimum Gasteiger partial charge on any atom is -0.508 e. The number of hydrogen-bond donors (Lipinski definition) is 2. The van der Waals surface area contributed by atoms with Crippen molar-refractivity contribution in [1.29, 1.82) is 0 Å². The molecule has 0 aliphatic carbocycles. The van der Waals surface area contributed by atoms with Crippen molar-refractivity contribution in [2.45, 2.75) is 30.6 Å². The highest BCUT2D eigenvalue weighted by Gasteiger charge is 2.72. The van der Waals surface area contributed by atoms with Gasteiger partial charge in [0.25, 0.3) is 0 Å². The quantitative estimate of drug-likeness (QED) is 0.450. The fourth-order valence-corrected chi connectivity index (χ4v) is 3.23. The van der Waals surface area contributed by atoms with Gasteiger partial charge < -0.3 is 10.2 Å². The third kappa shape index (κ3) is 3.83. The maximum absolute atomic E-state index is 14.1. The van der Waals surface area contributed by atoms with E-state index < -0.39 is 40.4 Å². The zero-order valence-electron chi connectivity index (χ0n) is 15.1. The van der Waals surface area contributed by atoms with Gasteiger partial charge in [-0.3, -0.25) is 0 Å². The Kier molecular flexibility index (Phi) is 6.06. The number of aromatic hydroxyl groups is 2. The minimum absolute atomic E-state index is 0.0637. The van der Waals surface area contributed by atoms with Crippen LogP contribution in [0.15, 0.2) is 61.7 Å². The van der Waals surface area contributed by atoms with Crippen LogP contribution >= 0.6 is 0 Å². The van der Waals surface area contributed by atoms with Crippen LogP contribution < -0.4 is 0 Å². The number of phenolic OH excluding ortho intramolecular Hbond substituents is 2. The van der Waals surface area contributed by atoms with Gasteiger partial charge in [0.1, 0.15) is 11.5 Å². The van der Waals surface area contributed by atoms with Crippen molar-refractivity contribution in [2.75, 3.05) is 0 Å². The molecular weight excluding hydrogens is 398 g/mol. The first kappa shape index (κ1) is 22.4. The second-order valence-electron chi connectivity index (χ2n) is 6.42. The van der Waals surface area contributed by atoms with E-state index in [1.54, 1.807) is 0 Å². The number of benzene rings is 2. The molecule has 0 spiro atoms. The molecule has 8 heteroatoms. The Balaban J connectivity index is 2.87. The lowest BCUT2D eigenvalue weighted by Crippen LogP contribution is -2.54. The van der Waals surface area contributed by atoms with Crippen LogP contribution in [0.1, 0.15) is 22.3 Å². The molecule has 0 aliphatic rings. The minimum atomic E-state index is -5.82. The smallest absolute Gasteiger partial charge is 0.411 e. The number of allylic oxidation sites excluding steroid dienone is 2. The lowest BCUT2D eigenvalue weighted by atomic mass is 9.72. The molecule has 0 unspecified atom stereocenters. The molecule has 156 valence electrons. The van der Waals surface area contributed by atoms with E-state index in [2.05, 4.69) is 13.2 Å². The molecule has 0 saturated carbocycles. The first-order valence-electron chi connectivity index (χ1n) is 8.40. The maximum atomic E-state index is 14.1. The van der Waals surface area contributed by atoms with Gasteiger partial charge in [-0.05, 0) is 47.2 Å². The van der Waals surface area contributed by atoms with E-state index in [-0.39, 0.29) is 24.0 Å². The van der Waals surface area contributed by atoms with Gasteiger partial charge in [0.05, 0.1) is 0 Å². The van der Waals surface area contributed by atoms with E-state index in [1.807, 2.05) is 0 Å². The molecule has 2 aromatic carbocycles. The molecule has 2 nitrogen and oxygen atoms in total. The Labute approximate surface area is 163 Å². The molecule has 2 rings (SSSR count). The van der Waals surface area contributed by atoms with Gasteiger partial charge in [-0.15, -0.1) is 13.2 Å². The first-order chi connectivity index (χ1) is 13.4. The number of phenols is 2. The summed E-state index contributed by atoms with van der Waals surface area (Å²) >= 11 is 0. The topological polar surface area (TPSA) is 40.5 Å². The Morgan fingerprint density at radius 1 is 0.690 bits per heavy atom. The second-order valence-corrected chi connectivity index (χ2v) is 6.42. The summed E-state index contributed by atoms with van der Waals surface area (Å²) in [5.41, 5.74) is -6.61. The molecule has 2 aromatic rings. The van der Waals surface area contributed by atoms with E-state index in [0.717, 1.165) is 12.1 Å². The predicted octanol–water partition coefficient (Wildman–Crippen LogP) is 5.97. The number of alkyl halides is 6. The summed E-state index contributed by atoms with van der Waals surface area (Å²) in [6.45, 7) is 6.84. The van der Waals surface area contributed by atoms with E-state index >= 15 is 0 Å². The van der Waals surface area contributed by atoms with Crippen molar-refractivity contribution >= 4 is 0 Å². The Morgan fingerprint density at radius 2 is 1.03 bits per heavy atom. The van der Waals surface area contributed by atoms with Gasteiger partial charge in [-0.1, -0.05) is 36.4 Å². The molecule has 0 atom stereocenters. The van der Waals surface area contributed by atoms with Crippen LogP contribution in [0.2, 0.25) is 0 Å². The fraction of sp³-hybridized carbons (Fsp3) is 0.238. The molecular formula is C21H18F6O2. The summed E-state index contributed by atoms with van der Waals surface area (Å²) in [4.78, 5) is 0. The van der Waals surface area contributed by atoms with Crippen LogP contribution in [0.4, 0.5) is 26.3 Å². The van der Waals surface area contributed by atoms with Crippen molar-refractivity contribution in [2.24, 2.45) is 0 Å². The third-order valence-electron chi connectivity index (χ3n) is 4.62. The summed E-state index contributed by atoms with van der Waals surface area (Å²) < 4.78 is 84.5. The first-order valence-corrected chi connectivity index (χ1v) is 8.40. The van der Waals surface area contributed by atoms with E-state index in [9.17, 15) is 36.6 Å². The number of rotatable bonds is 6. The number of hydrogen-bond acceptors (Lipinski definition) is 2. The normalized spacial score (nSPS) is 12.6. The van der Waals surface area contributed by atoms with Crippen molar-refractivity contribution in [3.05, 3.63) is 84.0 Å². The molecule has 0 fully saturated rings. The van der Waals surface area contributed by atoms with Crippen molar-refractivity contribution < 1.29 is 36.6 Å². The van der Waals surface area contributed by atoms with Gasteiger partial charge >= 0.3 is 12.4 Å². The molecule has 2 N–H and O–H groups in total. The van der Waals surface area contributed by atoms with Gasteiger partial charge in [0.2, 0.25) is 5.41 Å². The van der Waals surface area contributed by atoms with E-state index in [0.29, 0.717) is 24.3 Å². The Hall–Kier alpha value is -2.90. The summed E-state index contributed by atoms with van der Waals surface area (Å²) in [5, 5.41) is 20.0. The molecule has 0 saturated heterocycles. The van der Waals surface area contributed by atoms with Gasteiger partial charge in [0.15, 0.2) is 0 Å². The number of halogens is 6. The summed E-state index contributed by atoms with van der Waals surface area (Å²) in [6, 6.07) is 4.24. The lowest BCUT2D eigenvalue weighted by Gasteiger charge is -2.38. The molecule has 0 amide bonds. The molecule has 0 aliphatic heterocycles.